The van der Waals surface area contributed by atoms with E-state index in [0.717, 1.165) is 34.9 Å². The SMILES string of the molecule is [C-]#[N+]c1cc2c(c3c1C1CC4CC(C1)CC3C4)c1cccc3c4cc5c(cc4n2c31)c1cccc2c3c4c(c(C#N)cc3n5c12)C1CC2CC(C1)CC4C2. The number of benzene rings is 5. The Labute approximate surface area is 312 Å². The number of hydrogen-bond donors (Lipinski definition) is 0. The third-order valence-electron chi connectivity index (χ3n) is 16.6. The molecule has 0 N–H and O–H groups in total. The Hall–Kier alpha value is -5.32. The van der Waals surface area contributed by atoms with Gasteiger partial charge in [0.15, 0.2) is 5.69 Å². The van der Waals surface area contributed by atoms with Crippen LogP contribution < -0.4 is 0 Å². The number of para-hydroxylation sites is 2. The largest absolute Gasteiger partial charge is 0.309 e. The minimum atomic E-state index is 0.532. The van der Waals surface area contributed by atoms with Crippen molar-refractivity contribution in [2.24, 2.45) is 23.7 Å². The molecule has 4 heterocycles. The van der Waals surface area contributed by atoms with Gasteiger partial charge in [0.25, 0.3) is 0 Å². The van der Waals surface area contributed by atoms with Crippen molar-refractivity contribution in [1.29, 1.82) is 5.26 Å². The van der Waals surface area contributed by atoms with Gasteiger partial charge in [0.05, 0.1) is 45.8 Å². The summed E-state index contributed by atoms with van der Waals surface area (Å²) in [5.41, 5.74) is 15.3. The first kappa shape index (κ1) is 28.2. The highest BCUT2D eigenvalue weighted by atomic mass is 14.9. The molecule has 0 spiro atoms. The van der Waals surface area contributed by atoms with E-state index in [2.05, 4.69) is 80.4 Å². The lowest BCUT2D eigenvalue weighted by atomic mass is 9.67. The summed E-state index contributed by atoms with van der Waals surface area (Å²) in [6.45, 7) is 8.49. The van der Waals surface area contributed by atoms with E-state index in [9.17, 15) is 5.26 Å². The molecule has 0 aliphatic heterocycles. The second-order valence-electron chi connectivity index (χ2n) is 19.1. The Balaban J connectivity index is 1.08. The molecule has 258 valence electrons. The van der Waals surface area contributed by atoms with Crippen molar-refractivity contribution in [2.75, 3.05) is 0 Å². The fraction of sp³-hybridized carbons (Fsp3) is 0.360. The molecule has 8 aliphatic carbocycles. The Morgan fingerprint density at radius 1 is 0.500 bits per heavy atom. The molecule has 4 aromatic heterocycles. The number of fused-ring (bicyclic) bond motifs is 12. The predicted octanol–water partition coefficient (Wildman–Crippen LogP) is 13.2. The molecule has 4 atom stereocenters. The molecule has 4 unspecified atom stereocenters. The van der Waals surface area contributed by atoms with Crippen LogP contribution in [0.2, 0.25) is 0 Å². The lowest BCUT2D eigenvalue weighted by Crippen LogP contribution is -2.25. The summed E-state index contributed by atoms with van der Waals surface area (Å²) in [5, 5.41) is 21.6. The summed E-state index contributed by atoms with van der Waals surface area (Å²) in [5.74, 6) is 5.45. The van der Waals surface area contributed by atoms with Gasteiger partial charge in [-0.25, -0.2) is 4.85 Å². The van der Waals surface area contributed by atoms with Crippen molar-refractivity contribution in [3.8, 4) is 6.07 Å². The average Bonchev–Trinajstić information content (AvgIpc) is 3.83. The second kappa shape index (κ2) is 9.13. The van der Waals surface area contributed by atoms with E-state index >= 15 is 0 Å². The standard InChI is InChI=1S/C50H38N4/c1-52-38-21-42-48(46-30-16-25-9-26(17-30)13-28(12-25)44(38)46)35-7-3-5-33-37-19-39-36(20-40(37)54(42)50(33)35)32-4-2-6-34-47-41(53(39)49(32)34)18-31(22-51)43-27-10-23-8-24(11-27)15-29(14-23)45(43)47/h2-7,18-21,23-30H,8-17H2. The Morgan fingerprint density at radius 3 is 1.44 bits per heavy atom. The van der Waals surface area contributed by atoms with Crippen LogP contribution in [0.4, 0.5) is 5.69 Å². The Bertz CT molecular complexity index is 3070. The minimum Gasteiger partial charge on any atom is -0.309 e. The Kier molecular flexibility index (Phi) is 4.76. The minimum absolute atomic E-state index is 0.532. The van der Waals surface area contributed by atoms with Gasteiger partial charge in [-0.1, -0.05) is 36.4 Å². The van der Waals surface area contributed by atoms with Gasteiger partial charge >= 0.3 is 0 Å². The zero-order valence-corrected chi connectivity index (χ0v) is 30.3. The molecule has 5 aromatic carbocycles. The zero-order chi connectivity index (χ0) is 34.9. The van der Waals surface area contributed by atoms with Crippen LogP contribution in [0.1, 0.15) is 116 Å². The second-order valence-corrected chi connectivity index (χ2v) is 19.1. The highest BCUT2D eigenvalue weighted by Crippen LogP contribution is 2.62. The highest BCUT2D eigenvalue weighted by Gasteiger charge is 2.46. The van der Waals surface area contributed by atoms with Gasteiger partial charge in [-0.2, -0.15) is 5.26 Å². The van der Waals surface area contributed by atoms with Gasteiger partial charge in [-0.3, -0.25) is 0 Å². The number of rotatable bonds is 0. The first-order valence-electron chi connectivity index (χ1n) is 20.9. The molecular weight excluding hydrogens is 657 g/mol. The van der Waals surface area contributed by atoms with Crippen LogP contribution in [-0.2, 0) is 0 Å². The molecule has 9 aromatic rings. The first-order valence-corrected chi connectivity index (χ1v) is 20.9. The van der Waals surface area contributed by atoms with Crippen LogP contribution in [0.15, 0.2) is 60.7 Å². The number of nitrogens with zero attached hydrogens (tertiary/aromatic N) is 4. The maximum atomic E-state index is 10.8. The van der Waals surface area contributed by atoms with E-state index in [4.69, 9.17) is 6.57 Å². The van der Waals surface area contributed by atoms with E-state index in [1.54, 1.807) is 5.56 Å². The predicted molar refractivity (Wildman–Crippen MR) is 218 cm³/mol. The highest BCUT2D eigenvalue weighted by molar-refractivity contribution is 6.29. The summed E-state index contributed by atoms with van der Waals surface area (Å²) in [6.07, 6.45) is 13.0. The molecular formula is C50H38N4. The van der Waals surface area contributed by atoms with Crippen molar-refractivity contribution in [2.45, 2.75) is 87.9 Å². The van der Waals surface area contributed by atoms with Gasteiger partial charge in [-0.15, -0.1) is 0 Å². The lowest BCUT2D eigenvalue weighted by Gasteiger charge is -2.38. The van der Waals surface area contributed by atoms with Crippen LogP contribution in [0, 0.1) is 41.6 Å². The molecule has 4 saturated carbocycles. The molecule has 0 saturated heterocycles. The van der Waals surface area contributed by atoms with E-state index in [1.165, 1.54) is 157 Å². The van der Waals surface area contributed by atoms with Crippen molar-refractivity contribution in [3.63, 3.8) is 0 Å². The quantitative estimate of drug-likeness (QED) is 0.146. The lowest BCUT2D eigenvalue weighted by molar-refractivity contribution is 0.166. The smallest absolute Gasteiger partial charge is 0.193 e. The van der Waals surface area contributed by atoms with E-state index < -0.39 is 0 Å². The fourth-order valence-corrected chi connectivity index (χ4v) is 15.4. The third kappa shape index (κ3) is 3.05. The molecule has 4 nitrogen and oxygen atoms in total. The first-order chi connectivity index (χ1) is 26.6. The van der Waals surface area contributed by atoms with Crippen LogP contribution >= 0.6 is 0 Å². The van der Waals surface area contributed by atoms with Crippen molar-refractivity contribution in [3.05, 3.63) is 99.9 Å². The maximum Gasteiger partial charge on any atom is 0.193 e. The van der Waals surface area contributed by atoms with Gasteiger partial charge < -0.3 is 8.80 Å². The maximum absolute atomic E-state index is 10.8. The van der Waals surface area contributed by atoms with Crippen molar-refractivity contribution < 1.29 is 0 Å². The summed E-state index contributed by atoms with van der Waals surface area (Å²) in [4.78, 5) is 4.31. The molecule has 8 aliphatic rings. The molecule has 4 fully saturated rings. The van der Waals surface area contributed by atoms with Gasteiger partial charge in [0.1, 0.15) is 0 Å². The van der Waals surface area contributed by atoms with Crippen molar-refractivity contribution in [1.82, 2.24) is 8.80 Å². The average molecular weight is 695 g/mol. The van der Waals surface area contributed by atoms with Gasteiger partial charge in [0, 0.05) is 48.6 Å². The van der Waals surface area contributed by atoms with Crippen LogP contribution in [0.25, 0.3) is 81.0 Å². The third-order valence-corrected chi connectivity index (χ3v) is 16.6. The van der Waals surface area contributed by atoms with Gasteiger partial charge in [-0.05, 0) is 158 Å². The van der Waals surface area contributed by atoms with Crippen molar-refractivity contribution >= 4 is 81.9 Å². The summed E-state index contributed by atoms with van der Waals surface area (Å²) in [6, 6.07) is 26.2. The summed E-state index contributed by atoms with van der Waals surface area (Å²) >= 11 is 0. The molecule has 8 bridgehead atoms. The molecule has 17 rings (SSSR count). The van der Waals surface area contributed by atoms with E-state index in [0.29, 0.717) is 23.7 Å². The van der Waals surface area contributed by atoms with E-state index in [-0.39, 0.29) is 0 Å². The van der Waals surface area contributed by atoms with Gasteiger partial charge in [0.2, 0.25) is 0 Å². The normalized spacial score (nSPS) is 29.4. The Morgan fingerprint density at radius 2 is 0.944 bits per heavy atom. The zero-order valence-electron chi connectivity index (χ0n) is 30.3. The molecule has 0 amide bonds. The summed E-state index contributed by atoms with van der Waals surface area (Å²) < 4.78 is 5.09. The molecule has 54 heavy (non-hydrogen) atoms. The van der Waals surface area contributed by atoms with E-state index in [1.807, 2.05) is 0 Å². The van der Waals surface area contributed by atoms with Crippen LogP contribution in [0.3, 0.4) is 0 Å². The topological polar surface area (TPSA) is 37.0 Å². The molecule has 0 radical (unpaired) electrons. The number of nitriles is 1. The van der Waals surface area contributed by atoms with Crippen LogP contribution in [0.5, 0.6) is 0 Å². The number of aromatic nitrogens is 2. The fourth-order valence-electron chi connectivity index (χ4n) is 15.4. The number of hydrogen-bond acceptors (Lipinski definition) is 1. The summed E-state index contributed by atoms with van der Waals surface area (Å²) in [7, 11) is 0. The monoisotopic (exact) mass is 694 g/mol. The van der Waals surface area contributed by atoms with Crippen LogP contribution in [-0.4, -0.2) is 8.80 Å². The molecule has 4 heteroatoms.